The van der Waals surface area contributed by atoms with Gasteiger partial charge in [0.2, 0.25) is 0 Å². The zero-order valence-electron chi connectivity index (χ0n) is 10.6. The van der Waals surface area contributed by atoms with Crippen molar-refractivity contribution in [1.29, 1.82) is 0 Å². The van der Waals surface area contributed by atoms with Crippen LogP contribution in [-0.4, -0.2) is 21.2 Å². The number of hydrogen-bond acceptors (Lipinski definition) is 6. The molecule has 0 radical (unpaired) electrons. The molecule has 2 rings (SSSR count). The third kappa shape index (κ3) is 3.90. The molecule has 0 aliphatic rings. The Kier molecular flexibility index (Phi) is 4.30. The first-order valence-electron chi connectivity index (χ1n) is 5.77. The number of benzene rings is 1. The molecule has 0 saturated carbocycles. The van der Waals surface area contributed by atoms with Crippen LogP contribution in [0.15, 0.2) is 41.3 Å². The fourth-order valence-electron chi connectivity index (χ4n) is 1.53. The lowest BCUT2D eigenvalue weighted by Crippen LogP contribution is -1.98. The second-order valence-electron chi connectivity index (χ2n) is 3.98. The van der Waals surface area contributed by atoms with E-state index in [1.807, 2.05) is 0 Å². The molecule has 21 heavy (non-hydrogen) atoms. The second kappa shape index (κ2) is 6.33. The molecule has 0 unspecified atom stereocenters. The molecule has 0 amide bonds. The minimum Gasteiger partial charge on any atom is -0.482 e. The van der Waals surface area contributed by atoms with Crippen molar-refractivity contribution in [3.8, 4) is 5.75 Å². The number of aliphatic carboxylic acids is 1. The molecule has 0 spiro atoms. The number of carboxylic acids is 1. The molecule has 8 heteroatoms. The molecule has 108 valence electrons. The van der Waals surface area contributed by atoms with Gasteiger partial charge >= 0.3 is 11.7 Å². The largest absolute Gasteiger partial charge is 0.482 e. The molecule has 0 aliphatic carbocycles. The Morgan fingerprint density at radius 1 is 1.52 bits per heavy atom. The topological polar surface area (TPSA) is 116 Å². The molecule has 0 aliphatic heterocycles. The molecular formula is C13H10N2O6. The highest BCUT2D eigenvalue weighted by molar-refractivity contribution is 5.85. The normalized spacial score (nSPS) is 10.7. The maximum absolute atomic E-state index is 11.0. The highest BCUT2D eigenvalue weighted by Gasteiger charge is 2.16. The zero-order valence-corrected chi connectivity index (χ0v) is 10.6. The molecule has 0 atom stereocenters. The summed E-state index contributed by atoms with van der Waals surface area (Å²) in [7, 11) is 0. The van der Waals surface area contributed by atoms with Crippen molar-refractivity contribution in [1.82, 2.24) is 5.16 Å². The summed E-state index contributed by atoms with van der Waals surface area (Å²) in [5.41, 5.74) is 0.777. The Balaban J connectivity index is 2.20. The van der Waals surface area contributed by atoms with E-state index in [0.29, 0.717) is 11.1 Å². The van der Waals surface area contributed by atoms with E-state index >= 15 is 0 Å². The summed E-state index contributed by atoms with van der Waals surface area (Å²) in [5.74, 6) is -1.06. The Labute approximate surface area is 118 Å². The van der Waals surface area contributed by atoms with E-state index in [9.17, 15) is 14.9 Å². The number of nitro groups is 1. The molecule has 8 nitrogen and oxygen atoms in total. The van der Waals surface area contributed by atoms with Crippen molar-refractivity contribution in [2.24, 2.45) is 0 Å². The van der Waals surface area contributed by atoms with Crippen LogP contribution in [0.3, 0.4) is 0 Å². The lowest BCUT2D eigenvalue weighted by atomic mass is 10.1. The standard InChI is InChI=1S/C13H10N2O6/c16-13(17)4-2-9-1-3-12(11(5-9)15(18)19)20-7-10-6-14-21-8-10/h1-6,8H,7H2,(H,16,17)/b4-2+. The van der Waals surface area contributed by atoms with Gasteiger partial charge in [0.05, 0.1) is 11.1 Å². The third-order valence-corrected chi connectivity index (χ3v) is 2.48. The molecule has 1 aromatic heterocycles. The Morgan fingerprint density at radius 3 is 2.95 bits per heavy atom. The van der Waals surface area contributed by atoms with Crippen molar-refractivity contribution in [2.75, 3.05) is 0 Å². The number of carboxylic acid groups (broad SMARTS) is 1. The first-order valence-corrected chi connectivity index (χ1v) is 5.77. The van der Waals surface area contributed by atoms with Gasteiger partial charge in [0.1, 0.15) is 12.9 Å². The molecular weight excluding hydrogens is 280 g/mol. The van der Waals surface area contributed by atoms with Crippen LogP contribution in [-0.2, 0) is 11.4 Å². The SMILES string of the molecule is O=C(O)/C=C/c1ccc(OCc2cnoc2)c([N+](=O)[O-])c1. The van der Waals surface area contributed by atoms with E-state index in [1.54, 1.807) is 0 Å². The van der Waals surface area contributed by atoms with Crippen LogP contribution in [0, 0.1) is 10.1 Å². The van der Waals surface area contributed by atoms with Crippen molar-refractivity contribution in [3.63, 3.8) is 0 Å². The maximum atomic E-state index is 11.0. The Hall–Kier alpha value is -3.16. The van der Waals surface area contributed by atoms with Crippen LogP contribution in [0.25, 0.3) is 6.08 Å². The number of ether oxygens (including phenoxy) is 1. The fraction of sp³-hybridized carbons (Fsp3) is 0.0769. The van der Waals surface area contributed by atoms with Gasteiger partial charge in [-0.2, -0.15) is 0 Å². The smallest absolute Gasteiger partial charge is 0.328 e. The summed E-state index contributed by atoms with van der Waals surface area (Å²) in [6, 6.07) is 4.17. The number of rotatable bonds is 6. The van der Waals surface area contributed by atoms with Gasteiger partial charge in [-0.15, -0.1) is 0 Å². The predicted octanol–water partition coefficient (Wildman–Crippen LogP) is 2.26. The van der Waals surface area contributed by atoms with Crippen molar-refractivity contribution in [2.45, 2.75) is 6.61 Å². The van der Waals surface area contributed by atoms with Crippen LogP contribution in [0.2, 0.25) is 0 Å². The molecule has 1 heterocycles. The number of aromatic nitrogens is 1. The van der Waals surface area contributed by atoms with Gasteiger partial charge in [0.25, 0.3) is 0 Å². The van der Waals surface area contributed by atoms with Crippen LogP contribution >= 0.6 is 0 Å². The van der Waals surface area contributed by atoms with Crippen LogP contribution in [0.1, 0.15) is 11.1 Å². The lowest BCUT2D eigenvalue weighted by Gasteiger charge is -2.05. The van der Waals surface area contributed by atoms with Crippen LogP contribution in [0.4, 0.5) is 5.69 Å². The highest BCUT2D eigenvalue weighted by atomic mass is 16.6. The van der Waals surface area contributed by atoms with E-state index in [-0.39, 0.29) is 18.0 Å². The molecule has 2 aromatic rings. The van der Waals surface area contributed by atoms with Crippen LogP contribution in [0.5, 0.6) is 5.75 Å². The highest BCUT2D eigenvalue weighted by Crippen LogP contribution is 2.29. The van der Waals surface area contributed by atoms with Gasteiger partial charge in [-0.1, -0.05) is 11.2 Å². The average molecular weight is 290 g/mol. The quantitative estimate of drug-likeness (QED) is 0.492. The fourth-order valence-corrected chi connectivity index (χ4v) is 1.53. The number of carbonyl (C=O) groups is 1. The molecule has 0 bridgehead atoms. The van der Waals surface area contributed by atoms with Crippen molar-refractivity contribution >= 4 is 17.7 Å². The van der Waals surface area contributed by atoms with E-state index in [2.05, 4.69) is 9.68 Å². The monoisotopic (exact) mass is 290 g/mol. The molecule has 1 aromatic carbocycles. The van der Waals surface area contributed by atoms with E-state index < -0.39 is 10.9 Å². The molecule has 0 fully saturated rings. The van der Waals surface area contributed by atoms with Crippen molar-refractivity contribution in [3.05, 3.63) is 58.0 Å². The summed E-state index contributed by atoms with van der Waals surface area (Å²) in [4.78, 5) is 20.9. The summed E-state index contributed by atoms with van der Waals surface area (Å²) in [6.07, 6.45) is 4.97. The summed E-state index contributed by atoms with van der Waals surface area (Å²) < 4.78 is 9.97. The average Bonchev–Trinajstić information content (AvgIpc) is 2.96. The first kappa shape index (κ1) is 14.3. The van der Waals surface area contributed by atoms with Gasteiger partial charge in [-0.3, -0.25) is 10.1 Å². The van der Waals surface area contributed by atoms with Gasteiger partial charge in [-0.25, -0.2) is 4.79 Å². The van der Waals surface area contributed by atoms with Crippen LogP contribution < -0.4 is 4.74 Å². The Morgan fingerprint density at radius 2 is 2.33 bits per heavy atom. The predicted molar refractivity (Wildman–Crippen MR) is 70.6 cm³/mol. The van der Waals surface area contributed by atoms with E-state index in [4.69, 9.17) is 9.84 Å². The van der Waals surface area contributed by atoms with Gasteiger partial charge < -0.3 is 14.4 Å². The number of nitrogens with zero attached hydrogens (tertiary/aromatic N) is 2. The van der Waals surface area contributed by atoms with Gasteiger partial charge in [0, 0.05) is 17.7 Å². The minimum atomic E-state index is -1.13. The van der Waals surface area contributed by atoms with E-state index in [0.717, 1.165) is 6.08 Å². The number of hydrogen-bond donors (Lipinski definition) is 1. The second-order valence-corrected chi connectivity index (χ2v) is 3.98. The summed E-state index contributed by atoms with van der Waals surface area (Å²) in [6.45, 7) is 0.0780. The first-order chi connectivity index (χ1) is 10.1. The molecule has 1 N–H and O–H groups in total. The van der Waals surface area contributed by atoms with E-state index in [1.165, 1.54) is 36.7 Å². The molecule has 0 saturated heterocycles. The number of nitro benzene ring substituents is 1. The third-order valence-electron chi connectivity index (χ3n) is 2.48. The minimum absolute atomic E-state index is 0.0775. The van der Waals surface area contributed by atoms with Gasteiger partial charge in [-0.05, 0) is 17.7 Å². The zero-order chi connectivity index (χ0) is 15.2. The maximum Gasteiger partial charge on any atom is 0.328 e. The van der Waals surface area contributed by atoms with Crippen molar-refractivity contribution < 1.29 is 24.1 Å². The Bertz CT molecular complexity index is 678. The van der Waals surface area contributed by atoms with Gasteiger partial charge in [0.15, 0.2) is 5.75 Å². The summed E-state index contributed by atoms with van der Waals surface area (Å²) in [5, 5.41) is 23.1. The summed E-state index contributed by atoms with van der Waals surface area (Å²) >= 11 is 0. The lowest BCUT2D eigenvalue weighted by molar-refractivity contribution is -0.386.